The highest BCUT2D eigenvalue weighted by molar-refractivity contribution is 7.16. The first-order valence-corrected chi connectivity index (χ1v) is 9.65. The molecule has 0 saturated carbocycles. The van der Waals surface area contributed by atoms with Crippen LogP contribution in [0.3, 0.4) is 0 Å². The van der Waals surface area contributed by atoms with Gasteiger partial charge in [-0.3, -0.25) is 4.98 Å². The van der Waals surface area contributed by atoms with Gasteiger partial charge in [-0.1, -0.05) is 43.4 Å². The van der Waals surface area contributed by atoms with Gasteiger partial charge in [0.1, 0.15) is 0 Å². The fourth-order valence-electron chi connectivity index (χ4n) is 2.81. The maximum Gasteiger partial charge on any atom is 0.159 e. The predicted octanol–water partition coefficient (Wildman–Crippen LogP) is 5.20. The Hall–Kier alpha value is -2.90. The largest absolute Gasteiger partial charge is 0.303 e. The van der Waals surface area contributed by atoms with Gasteiger partial charge in [0.05, 0.1) is 21.1 Å². The fraction of sp³-hybridized carbons (Fsp3) is 0.182. The number of benzene rings is 1. The van der Waals surface area contributed by atoms with Crippen LogP contribution < -0.4 is 0 Å². The van der Waals surface area contributed by atoms with Gasteiger partial charge in [0.15, 0.2) is 5.65 Å². The molecule has 26 heavy (non-hydrogen) atoms. The summed E-state index contributed by atoms with van der Waals surface area (Å²) in [7, 11) is 0. The first-order chi connectivity index (χ1) is 12.8. The topological polar surface area (TPSA) is 30.2 Å². The third-order valence-electron chi connectivity index (χ3n) is 4.18. The van der Waals surface area contributed by atoms with Crippen molar-refractivity contribution in [2.45, 2.75) is 26.2 Å². The van der Waals surface area contributed by atoms with Crippen LogP contribution in [-0.2, 0) is 6.42 Å². The van der Waals surface area contributed by atoms with Crippen LogP contribution in [0.4, 0.5) is 0 Å². The molecule has 4 aromatic rings. The molecule has 0 fully saturated rings. The van der Waals surface area contributed by atoms with E-state index in [4.69, 9.17) is 4.98 Å². The number of unbranched alkanes of at least 4 members (excludes halogenated alkanes) is 1. The Morgan fingerprint density at radius 3 is 2.81 bits per heavy atom. The monoisotopic (exact) mass is 357 g/mol. The number of rotatable bonds is 4. The van der Waals surface area contributed by atoms with Crippen LogP contribution in [-0.4, -0.2) is 14.4 Å². The van der Waals surface area contributed by atoms with Crippen LogP contribution in [0.25, 0.3) is 16.2 Å². The Morgan fingerprint density at radius 2 is 1.96 bits per heavy atom. The summed E-state index contributed by atoms with van der Waals surface area (Å²) < 4.78 is 2.07. The van der Waals surface area contributed by atoms with E-state index >= 15 is 0 Å². The normalized spacial score (nSPS) is 10.7. The van der Waals surface area contributed by atoms with Crippen molar-refractivity contribution in [1.29, 1.82) is 0 Å². The van der Waals surface area contributed by atoms with Crippen molar-refractivity contribution in [2.24, 2.45) is 0 Å². The molecule has 128 valence electrons. The molecule has 0 bridgehead atoms. The minimum atomic E-state index is 0.960. The van der Waals surface area contributed by atoms with E-state index in [1.807, 2.05) is 42.7 Å². The summed E-state index contributed by atoms with van der Waals surface area (Å²) in [5, 5.41) is 0. The average Bonchev–Trinajstić information content (AvgIpc) is 3.32. The molecule has 0 amide bonds. The number of aryl methyl sites for hydroxylation is 1. The molecule has 3 heterocycles. The number of hydrogen-bond donors (Lipinski definition) is 0. The molecule has 3 aromatic heterocycles. The number of aromatic nitrogens is 3. The number of nitrogens with zero attached hydrogens (tertiary/aromatic N) is 3. The number of imidazole rings is 1. The van der Waals surface area contributed by atoms with Gasteiger partial charge in [0, 0.05) is 24.2 Å². The molecular weight excluding hydrogens is 338 g/mol. The van der Waals surface area contributed by atoms with Crippen molar-refractivity contribution in [3.05, 3.63) is 77.2 Å². The zero-order valence-corrected chi connectivity index (χ0v) is 15.5. The maximum absolute atomic E-state index is 4.83. The third kappa shape index (κ3) is 3.54. The first kappa shape index (κ1) is 16.6. The van der Waals surface area contributed by atoms with Crippen LogP contribution in [0.5, 0.6) is 0 Å². The molecule has 0 atom stereocenters. The summed E-state index contributed by atoms with van der Waals surface area (Å²) in [6, 6.07) is 14.2. The van der Waals surface area contributed by atoms with E-state index in [0.717, 1.165) is 51.6 Å². The predicted molar refractivity (Wildman–Crippen MR) is 107 cm³/mol. The number of hydrogen-bond acceptors (Lipinski definition) is 3. The van der Waals surface area contributed by atoms with Gasteiger partial charge in [-0.15, -0.1) is 11.3 Å². The molecule has 3 nitrogen and oxygen atoms in total. The lowest BCUT2D eigenvalue weighted by molar-refractivity contribution is 0.775. The second-order valence-electron chi connectivity index (χ2n) is 6.11. The lowest BCUT2D eigenvalue weighted by atomic mass is 10.2. The Labute approximate surface area is 157 Å². The second kappa shape index (κ2) is 7.55. The SMILES string of the molecule is CCCCc1nccn2cc(-c3ccc(C#Cc4ccccc4)s3)nc12. The van der Waals surface area contributed by atoms with Gasteiger partial charge < -0.3 is 4.40 Å². The lowest BCUT2D eigenvalue weighted by Crippen LogP contribution is -1.95. The van der Waals surface area contributed by atoms with Crippen LogP contribution in [0.1, 0.15) is 35.9 Å². The lowest BCUT2D eigenvalue weighted by Gasteiger charge is -2.00. The van der Waals surface area contributed by atoms with Gasteiger partial charge in [0.2, 0.25) is 0 Å². The summed E-state index contributed by atoms with van der Waals surface area (Å²) in [4.78, 5) is 11.5. The fourth-order valence-corrected chi connectivity index (χ4v) is 3.62. The smallest absolute Gasteiger partial charge is 0.159 e. The molecule has 0 spiro atoms. The van der Waals surface area contributed by atoms with E-state index in [0.29, 0.717) is 0 Å². The second-order valence-corrected chi connectivity index (χ2v) is 7.20. The van der Waals surface area contributed by atoms with Crippen LogP contribution in [0.2, 0.25) is 0 Å². The van der Waals surface area contributed by atoms with E-state index in [1.165, 1.54) is 0 Å². The van der Waals surface area contributed by atoms with Crippen molar-refractivity contribution in [3.63, 3.8) is 0 Å². The first-order valence-electron chi connectivity index (χ1n) is 8.83. The zero-order valence-electron chi connectivity index (χ0n) is 14.6. The van der Waals surface area contributed by atoms with Crippen molar-refractivity contribution in [2.75, 3.05) is 0 Å². The van der Waals surface area contributed by atoms with Crippen molar-refractivity contribution in [1.82, 2.24) is 14.4 Å². The van der Waals surface area contributed by atoms with Crippen molar-refractivity contribution >= 4 is 17.0 Å². The molecule has 0 radical (unpaired) electrons. The molecule has 0 N–H and O–H groups in total. The highest BCUT2D eigenvalue weighted by Gasteiger charge is 2.10. The van der Waals surface area contributed by atoms with Gasteiger partial charge in [0.25, 0.3) is 0 Å². The van der Waals surface area contributed by atoms with E-state index < -0.39 is 0 Å². The van der Waals surface area contributed by atoms with E-state index in [1.54, 1.807) is 11.3 Å². The van der Waals surface area contributed by atoms with Gasteiger partial charge in [-0.2, -0.15) is 0 Å². The molecule has 0 saturated heterocycles. The number of thiophene rings is 1. The Morgan fingerprint density at radius 1 is 1.08 bits per heavy atom. The van der Waals surface area contributed by atoms with E-state index in [-0.39, 0.29) is 0 Å². The molecule has 4 heteroatoms. The molecule has 0 unspecified atom stereocenters. The van der Waals surface area contributed by atoms with Crippen molar-refractivity contribution in [3.8, 4) is 22.4 Å². The summed E-state index contributed by atoms with van der Waals surface area (Å²) in [5.41, 5.74) is 4.04. The minimum Gasteiger partial charge on any atom is -0.303 e. The maximum atomic E-state index is 4.83. The van der Waals surface area contributed by atoms with Crippen LogP contribution >= 0.6 is 11.3 Å². The zero-order chi connectivity index (χ0) is 17.8. The van der Waals surface area contributed by atoms with Crippen LogP contribution in [0, 0.1) is 11.8 Å². The van der Waals surface area contributed by atoms with Gasteiger partial charge in [-0.25, -0.2) is 4.98 Å². The molecule has 0 aliphatic heterocycles. The van der Waals surface area contributed by atoms with Crippen LogP contribution in [0.15, 0.2) is 61.1 Å². The molecule has 4 rings (SSSR count). The summed E-state index contributed by atoms with van der Waals surface area (Å²) in [6.07, 6.45) is 9.15. The highest BCUT2D eigenvalue weighted by Crippen LogP contribution is 2.28. The molecule has 0 aliphatic rings. The highest BCUT2D eigenvalue weighted by atomic mass is 32.1. The summed E-state index contributed by atoms with van der Waals surface area (Å²) >= 11 is 1.67. The Kier molecular flexibility index (Phi) is 4.81. The number of fused-ring (bicyclic) bond motifs is 1. The summed E-state index contributed by atoms with van der Waals surface area (Å²) in [5.74, 6) is 6.46. The van der Waals surface area contributed by atoms with Gasteiger partial charge in [-0.05, 0) is 37.1 Å². The summed E-state index contributed by atoms with van der Waals surface area (Å²) in [6.45, 7) is 2.20. The Balaban J connectivity index is 1.62. The Bertz CT molecular complexity index is 1080. The molecule has 1 aromatic carbocycles. The van der Waals surface area contributed by atoms with E-state index in [2.05, 4.69) is 46.5 Å². The molecule has 0 aliphatic carbocycles. The third-order valence-corrected chi connectivity index (χ3v) is 5.20. The quantitative estimate of drug-likeness (QED) is 0.470. The van der Waals surface area contributed by atoms with E-state index in [9.17, 15) is 0 Å². The van der Waals surface area contributed by atoms with Gasteiger partial charge >= 0.3 is 0 Å². The minimum absolute atomic E-state index is 0.960. The van der Waals surface area contributed by atoms with Crippen molar-refractivity contribution < 1.29 is 0 Å². The average molecular weight is 357 g/mol. The molecular formula is C22H19N3S. The standard InChI is InChI=1S/C22H19N3S/c1-2-3-9-19-22-24-20(16-25(22)15-14-23-19)21-13-12-18(26-21)11-10-17-7-5-4-6-8-17/h4-8,12-16H,2-3,9H2,1H3.